The highest BCUT2D eigenvalue weighted by Gasteiger charge is 2.46. The van der Waals surface area contributed by atoms with Crippen LogP contribution in [0.5, 0.6) is 0 Å². The molecule has 4 heterocycles. The zero-order valence-electron chi connectivity index (χ0n) is 11.3. The maximum absolute atomic E-state index is 12.6. The number of aromatic nitrogens is 2. The van der Waals surface area contributed by atoms with Gasteiger partial charge < -0.3 is 14.5 Å². The van der Waals surface area contributed by atoms with Crippen molar-refractivity contribution in [3.05, 3.63) is 5.51 Å². The summed E-state index contributed by atoms with van der Waals surface area (Å²) in [6.45, 7) is 3.19. The Morgan fingerprint density at radius 1 is 1.30 bits per heavy atom. The minimum atomic E-state index is 0.0873. The van der Waals surface area contributed by atoms with E-state index in [2.05, 4.69) is 20.0 Å². The van der Waals surface area contributed by atoms with E-state index in [1.165, 1.54) is 0 Å². The summed E-state index contributed by atoms with van der Waals surface area (Å²) in [5, 5.41) is 9.10. The third kappa shape index (κ3) is 1.91. The number of fused-ring (bicyclic) bond motifs is 1. The first kappa shape index (κ1) is 12.5. The molecular formula is C13H18N4O2S. The summed E-state index contributed by atoms with van der Waals surface area (Å²) in [6, 6.07) is 0.779. The highest BCUT2D eigenvalue weighted by atomic mass is 32.1. The minimum Gasteiger partial charge on any atom is -0.381 e. The van der Waals surface area contributed by atoms with Gasteiger partial charge in [0.05, 0.1) is 24.6 Å². The Morgan fingerprint density at radius 2 is 2.20 bits per heavy atom. The van der Waals surface area contributed by atoms with Crippen molar-refractivity contribution < 1.29 is 9.53 Å². The lowest BCUT2D eigenvalue weighted by Crippen LogP contribution is -2.42. The molecule has 0 aliphatic carbocycles. The molecule has 0 spiro atoms. The number of amides is 1. The maximum atomic E-state index is 12.6. The average molecular weight is 294 g/mol. The van der Waals surface area contributed by atoms with Gasteiger partial charge in [-0.15, -0.1) is 10.2 Å². The van der Waals surface area contributed by atoms with Crippen LogP contribution < -0.4 is 4.90 Å². The molecule has 0 N–H and O–H groups in total. The third-order valence-corrected chi connectivity index (χ3v) is 5.46. The molecule has 3 aliphatic rings. The molecule has 0 radical (unpaired) electrons. The van der Waals surface area contributed by atoms with Crippen molar-refractivity contribution in [2.24, 2.45) is 5.92 Å². The molecule has 0 saturated carbocycles. The van der Waals surface area contributed by atoms with E-state index in [1.807, 2.05) is 0 Å². The third-order valence-electron chi connectivity index (χ3n) is 4.73. The summed E-state index contributed by atoms with van der Waals surface area (Å²) in [5.74, 6) is 0.387. The van der Waals surface area contributed by atoms with Crippen LogP contribution in [-0.4, -0.2) is 59.4 Å². The Balaban J connectivity index is 1.49. The number of carbonyl (C=O) groups excluding carboxylic acids is 1. The molecule has 3 atom stereocenters. The molecule has 3 fully saturated rings. The largest absolute Gasteiger partial charge is 0.381 e. The number of rotatable bonds is 2. The van der Waals surface area contributed by atoms with E-state index < -0.39 is 0 Å². The van der Waals surface area contributed by atoms with Crippen LogP contribution in [-0.2, 0) is 9.53 Å². The monoisotopic (exact) mass is 294 g/mol. The van der Waals surface area contributed by atoms with Crippen LogP contribution in [0.25, 0.3) is 0 Å². The highest BCUT2D eigenvalue weighted by molar-refractivity contribution is 7.13. The lowest BCUT2D eigenvalue weighted by Gasteiger charge is -2.26. The van der Waals surface area contributed by atoms with Gasteiger partial charge in [-0.2, -0.15) is 0 Å². The zero-order valence-corrected chi connectivity index (χ0v) is 12.1. The molecule has 1 aromatic rings. The van der Waals surface area contributed by atoms with E-state index in [0.29, 0.717) is 24.6 Å². The molecule has 1 amide bonds. The topological polar surface area (TPSA) is 58.6 Å². The zero-order chi connectivity index (χ0) is 13.5. The quantitative estimate of drug-likeness (QED) is 0.806. The summed E-state index contributed by atoms with van der Waals surface area (Å²) in [5.41, 5.74) is 1.77. The van der Waals surface area contributed by atoms with Gasteiger partial charge in [-0.05, 0) is 19.3 Å². The fourth-order valence-electron chi connectivity index (χ4n) is 3.75. The molecular weight excluding hydrogens is 276 g/mol. The van der Waals surface area contributed by atoms with Gasteiger partial charge in [-0.25, -0.2) is 0 Å². The Labute approximate surface area is 121 Å². The van der Waals surface area contributed by atoms with Crippen LogP contribution in [0.2, 0.25) is 0 Å². The van der Waals surface area contributed by atoms with Gasteiger partial charge in [0, 0.05) is 19.7 Å². The summed E-state index contributed by atoms with van der Waals surface area (Å²) in [4.78, 5) is 17.0. The number of hydrogen-bond donors (Lipinski definition) is 0. The van der Waals surface area contributed by atoms with Crippen LogP contribution in [0.4, 0.5) is 5.13 Å². The van der Waals surface area contributed by atoms with Gasteiger partial charge in [0.25, 0.3) is 0 Å². The van der Waals surface area contributed by atoms with Crippen LogP contribution in [0, 0.1) is 5.92 Å². The number of ether oxygens (including phenoxy) is 1. The van der Waals surface area contributed by atoms with Crippen molar-refractivity contribution in [3.63, 3.8) is 0 Å². The van der Waals surface area contributed by atoms with Gasteiger partial charge in [0.2, 0.25) is 11.0 Å². The Kier molecular flexibility index (Phi) is 3.11. The lowest BCUT2D eigenvalue weighted by molar-refractivity contribution is -0.136. The van der Waals surface area contributed by atoms with Crippen LogP contribution in [0.15, 0.2) is 5.51 Å². The number of likely N-dealkylation sites (tertiary alicyclic amines) is 1. The number of nitrogens with zero attached hydrogens (tertiary/aromatic N) is 4. The molecule has 3 saturated heterocycles. The second kappa shape index (κ2) is 4.96. The molecule has 108 valence electrons. The van der Waals surface area contributed by atoms with E-state index in [1.54, 1.807) is 16.8 Å². The lowest BCUT2D eigenvalue weighted by atomic mass is 10.1. The van der Waals surface area contributed by atoms with E-state index in [9.17, 15) is 4.79 Å². The predicted octanol–water partition coefficient (Wildman–Crippen LogP) is 0.754. The Morgan fingerprint density at radius 3 is 2.95 bits per heavy atom. The molecule has 20 heavy (non-hydrogen) atoms. The van der Waals surface area contributed by atoms with Gasteiger partial charge in [-0.3, -0.25) is 4.79 Å². The molecule has 0 aromatic carbocycles. The fraction of sp³-hybridized carbons (Fsp3) is 0.769. The summed E-state index contributed by atoms with van der Waals surface area (Å²) < 4.78 is 5.35. The van der Waals surface area contributed by atoms with Crippen molar-refractivity contribution >= 4 is 22.4 Å². The van der Waals surface area contributed by atoms with Crippen LogP contribution >= 0.6 is 11.3 Å². The summed E-state index contributed by atoms with van der Waals surface area (Å²) in [7, 11) is 0. The van der Waals surface area contributed by atoms with Crippen molar-refractivity contribution in [1.82, 2.24) is 15.1 Å². The smallest absolute Gasteiger partial charge is 0.228 e. The SMILES string of the molecule is O=C([C@H]1CCOC1)N1CC[C@@H]2[C@H]1CCN2c1nncs1. The predicted molar refractivity (Wildman–Crippen MR) is 74.7 cm³/mol. The van der Waals surface area contributed by atoms with Gasteiger partial charge in [0.15, 0.2) is 0 Å². The molecule has 6 nitrogen and oxygen atoms in total. The van der Waals surface area contributed by atoms with Crippen LogP contribution in [0.3, 0.4) is 0 Å². The van der Waals surface area contributed by atoms with E-state index in [0.717, 1.165) is 44.1 Å². The average Bonchev–Trinajstić information content (AvgIpc) is 3.21. The Bertz CT molecular complexity index is 489. The van der Waals surface area contributed by atoms with E-state index >= 15 is 0 Å². The highest BCUT2D eigenvalue weighted by Crippen LogP contribution is 2.36. The van der Waals surface area contributed by atoms with Crippen molar-refractivity contribution in [3.8, 4) is 0 Å². The number of hydrogen-bond acceptors (Lipinski definition) is 6. The van der Waals surface area contributed by atoms with E-state index in [4.69, 9.17) is 4.74 Å². The van der Waals surface area contributed by atoms with Crippen molar-refractivity contribution in [2.75, 3.05) is 31.2 Å². The first-order valence-electron chi connectivity index (χ1n) is 7.25. The van der Waals surface area contributed by atoms with Gasteiger partial charge >= 0.3 is 0 Å². The molecule has 0 unspecified atom stereocenters. The molecule has 7 heteroatoms. The normalized spacial score (nSPS) is 32.9. The first-order valence-corrected chi connectivity index (χ1v) is 8.13. The summed E-state index contributed by atoms with van der Waals surface area (Å²) in [6.07, 6.45) is 2.97. The maximum Gasteiger partial charge on any atom is 0.228 e. The van der Waals surface area contributed by atoms with Crippen LogP contribution in [0.1, 0.15) is 19.3 Å². The molecule has 3 aliphatic heterocycles. The number of anilines is 1. The van der Waals surface area contributed by atoms with Crippen molar-refractivity contribution in [2.45, 2.75) is 31.3 Å². The Hall–Kier alpha value is -1.21. The number of carbonyl (C=O) groups is 1. The molecule has 0 bridgehead atoms. The second-order valence-corrected chi connectivity index (χ2v) is 6.53. The van der Waals surface area contributed by atoms with Gasteiger partial charge in [0.1, 0.15) is 5.51 Å². The van der Waals surface area contributed by atoms with Gasteiger partial charge in [-0.1, -0.05) is 11.3 Å². The minimum absolute atomic E-state index is 0.0873. The van der Waals surface area contributed by atoms with Crippen molar-refractivity contribution in [1.29, 1.82) is 0 Å². The second-order valence-electron chi connectivity index (χ2n) is 5.72. The molecule has 1 aromatic heterocycles. The molecule has 4 rings (SSSR count). The fourth-order valence-corrected chi connectivity index (χ4v) is 4.40. The van der Waals surface area contributed by atoms with E-state index in [-0.39, 0.29) is 5.92 Å². The standard InChI is InChI=1S/C13H18N4O2S/c18-12(9-3-6-19-7-9)16-4-1-11-10(16)2-5-17(11)13-15-14-8-20-13/h8-11H,1-7H2/t9-,10+,11+/m0/s1. The first-order chi connectivity index (χ1) is 9.84. The summed E-state index contributed by atoms with van der Waals surface area (Å²) >= 11 is 1.58.